The molecule has 3 aliphatic heterocycles. The van der Waals surface area contributed by atoms with Crippen LogP contribution in [0.1, 0.15) is 0 Å². The summed E-state index contributed by atoms with van der Waals surface area (Å²) < 4.78 is 19.0. The molecule has 3 saturated heterocycles. The van der Waals surface area contributed by atoms with Crippen molar-refractivity contribution < 1.29 is 13.3 Å². The zero-order valence-electron chi connectivity index (χ0n) is 9.05. The predicted molar refractivity (Wildman–Crippen MR) is 64.0 cm³/mol. The molecule has 88 valence electrons. The Labute approximate surface area is 100 Å². The highest BCUT2D eigenvalue weighted by molar-refractivity contribution is 7.22. The summed E-state index contributed by atoms with van der Waals surface area (Å²) in [7, 11) is -2.56. The number of fused-ring (bicyclic) bond motifs is 6. The molecule has 3 fully saturated rings. The first-order valence-electron chi connectivity index (χ1n) is 5.57. The molecule has 0 amide bonds. The third kappa shape index (κ3) is 1.96. The van der Waals surface area contributed by atoms with Crippen LogP contribution in [0.4, 0.5) is 0 Å². The molecule has 0 aliphatic carbocycles. The van der Waals surface area contributed by atoms with Crippen molar-refractivity contribution in [3.8, 4) is 0 Å². The van der Waals surface area contributed by atoms with Gasteiger partial charge in [-0.05, 0) is 11.4 Å². The third-order valence-corrected chi connectivity index (χ3v) is 7.23. The van der Waals surface area contributed by atoms with Crippen LogP contribution in [0.25, 0.3) is 0 Å². The van der Waals surface area contributed by atoms with E-state index in [1.165, 1.54) is 0 Å². The van der Waals surface area contributed by atoms with Crippen LogP contribution in [0.3, 0.4) is 0 Å². The second-order valence-corrected chi connectivity index (χ2v) is 7.75. The lowest BCUT2D eigenvalue weighted by Crippen LogP contribution is -2.61. The standard InChI is InChI=1S/C10H15NO3SSi/c1-2-10(15-9-1)16-12-6-3-11(4-7-13-16)5-8-14-16/h1-2,9H,3-8H2. The maximum Gasteiger partial charge on any atom is 0.547 e. The zero-order chi connectivity index (χ0) is 10.8. The minimum atomic E-state index is -2.56. The smallest absolute Gasteiger partial charge is 0.368 e. The minimum absolute atomic E-state index is 0.712. The summed E-state index contributed by atoms with van der Waals surface area (Å²) in [5, 5.41) is 2.05. The molecule has 4 nitrogen and oxygen atoms in total. The maximum atomic E-state index is 5.95. The summed E-state index contributed by atoms with van der Waals surface area (Å²) in [4.78, 5) is 2.33. The molecule has 0 radical (unpaired) electrons. The monoisotopic (exact) mass is 257 g/mol. The van der Waals surface area contributed by atoms with E-state index in [-0.39, 0.29) is 0 Å². The van der Waals surface area contributed by atoms with Crippen molar-refractivity contribution >= 4 is 24.6 Å². The summed E-state index contributed by atoms with van der Waals surface area (Å²) in [6.07, 6.45) is 0. The molecule has 0 spiro atoms. The van der Waals surface area contributed by atoms with Crippen LogP contribution in [-0.2, 0) is 13.3 Å². The Morgan fingerprint density at radius 1 is 1.06 bits per heavy atom. The SMILES string of the molecule is c1csc([Si]23OCCN(CCO2)CCO3)c1. The highest BCUT2D eigenvalue weighted by Gasteiger charge is 2.47. The first-order chi connectivity index (χ1) is 7.89. The molecular weight excluding hydrogens is 242 g/mol. The molecule has 0 saturated carbocycles. The van der Waals surface area contributed by atoms with Gasteiger partial charge in [0.05, 0.1) is 24.3 Å². The van der Waals surface area contributed by atoms with Gasteiger partial charge in [-0.25, -0.2) is 0 Å². The van der Waals surface area contributed by atoms with Gasteiger partial charge in [0.15, 0.2) is 0 Å². The molecule has 0 atom stereocenters. The van der Waals surface area contributed by atoms with Gasteiger partial charge < -0.3 is 13.3 Å². The van der Waals surface area contributed by atoms with Crippen molar-refractivity contribution in [2.24, 2.45) is 0 Å². The molecular formula is C10H15NO3SSi. The van der Waals surface area contributed by atoms with Gasteiger partial charge in [0.25, 0.3) is 0 Å². The van der Waals surface area contributed by atoms with Gasteiger partial charge in [0.2, 0.25) is 0 Å². The molecule has 6 heteroatoms. The van der Waals surface area contributed by atoms with Crippen molar-refractivity contribution in [1.29, 1.82) is 0 Å². The fraction of sp³-hybridized carbons (Fsp3) is 0.600. The average molecular weight is 257 g/mol. The topological polar surface area (TPSA) is 30.9 Å². The lowest BCUT2D eigenvalue weighted by molar-refractivity contribution is 0.00188. The molecule has 4 heterocycles. The molecule has 0 unspecified atom stereocenters. The normalized spacial score (nSPS) is 35.4. The predicted octanol–water partition coefficient (Wildman–Crippen LogP) is 0.273. The summed E-state index contributed by atoms with van der Waals surface area (Å²) in [5.41, 5.74) is 0. The van der Waals surface area contributed by atoms with Gasteiger partial charge in [0.1, 0.15) is 0 Å². The third-order valence-electron chi connectivity index (χ3n) is 2.92. The highest BCUT2D eigenvalue weighted by Crippen LogP contribution is 2.18. The Kier molecular flexibility index (Phi) is 3.10. The molecule has 16 heavy (non-hydrogen) atoms. The van der Waals surface area contributed by atoms with Crippen molar-refractivity contribution in [2.75, 3.05) is 39.5 Å². The molecule has 2 bridgehead atoms. The zero-order valence-corrected chi connectivity index (χ0v) is 10.9. The van der Waals surface area contributed by atoms with Crippen LogP contribution in [-0.4, -0.2) is 53.2 Å². The first-order valence-corrected chi connectivity index (χ1v) is 8.18. The van der Waals surface area contributed by atoms with E-state index < -0.39 is 8.80 Å². The van der Waals surface area contributed by atoms with Crippen LogP contribution in [0.2, 0.25) is 0 Å². The van der Waals surface area contributed by atoms with E-state index in [0.717, 1.165) is 24.1 Å². The maximum absolute atomic E-state index is 5.95. The van der Waals surface area contributed by atoms with Gasteiger partial charge in [-0.2, -0.15) is 0 Å². The van der Waals surface area contributed by atoms with Crippen LogP contribution >= 0.6 is 11.3 Å². The summed E-state index contributed by atoms with van der Waals surface area (Å²) in [6, 6.07) is 4.10. The molecule has 0 aromatic carbocycles. The van der Waals surface area contributed by atoms with E-state index in [2.05, 4.69) is 16.3 Å². The summed E-state index contributed by atoms with van der Waals surface area (Å²) in [6.45, 7) is 5.12. The number of rotatable bonds is 1. The lowest BCUT2D eigenvalue weighted by Gasteiger charge is -2.37. The van der Waals surface area contributed by atoms with Crippen LogP contribution in [0.15, 0.2) is 17.5 Å². The van der Waals surface area contributed by atoms with E-state index in [4.69, 9.17) is 13.3 Å². The highest BCUT2D eigenvalue weighted by atomic mass is 32.1. The number of nitrogens with zero attached hydrogens (tertiary/aromatic N) is 1. The van der Waals surface area contributed by atoms with Crippen molar-refractivity contribution in [3.05, 3.63) is 17.5 Å². The minimum Gasteiger partial charge on any atom is -0.368 e. The van der Waals surface area contributed by atoms with Crippen LogP contribution in [0.5, 0.6) is 0 Å². The van der Waals surface area contributed by atoms with Gasteiger partial charge >= 0.3 is 8.80 Å². The quantitative estimate of drug-likeness (QED) is 0.676. The second-order valence-electron chi connectivity index (χ2n) is 3.92. The molecule has 3 aliphatic rings. The molecule has 0 N–H and O–H groups in total. The van der Waals surface area contributed by atoms with E-state index in [0.29, 0.717) is 19.8 Å². The van der Waals surface area contributed by atoms with E-state index >= 15 is 0 Å². The van der Waals surface area contributed by atoms with Crippen molar-refractivity contribution in [3.63, 3.8) is 0 Å². The Morgan fingerprint density at radius 2 is 1.69 bits per heavy atom. The molecule has 4 rings (SSSR count). The number of thiophene rings is 1. The first kappa shape index (κ1) is 10.9. The van der Waals surface area contributed by atoms with Crippen molar-refractivity contribution in [1.82, 2.24) is 4.90 Å². The summed E-state index contributed by atoms with van der Waals surface area (Å²) >= 11 is 1.67. The number of hydrogen-bond acceptors (Lipinski definition) is 5. The van der Waals surface area contributed by atoms with Gasteiger partial charge in [0, 0.05) is 19.6 Å². The number of hydrogen-bond donors (Lipinski definition) is 0. The Morgan fingerprint density at radius 3 is 2.19 bits per heavy atom. The fourth-order valence-corrected chi connectivity index (χ4v) is 5.88. The Balaban J connectivity index is 1.90. The fourth-order valence-electron chi connectivity index (χ4n) is 2.05. The molecule has 1 aromatic rings. The summed E-state index contributed by atoms with van der Waals surface area (Å²) in [5.74, 6) is 0. The van der Waals surface area contributed by atoms with Gasteiger partial charge in [-0.15, -0.1) is 11.3 Å². The van der Waals surface area contributed by atoms with E-state index in [9.17, 15) is 0 Å². The average Bonchev–Trinajstić information content (AvgIpc) is 2.68. The lowest BCUT2D eigenvalue weighted by atomic mass is 10.4. The Bertz CT molecular complexity index is 319. The molecule has 1 aromatic heterocycles. The van der Waals surface area contributed by atoms with Gasteiger partial charge in [-0.3, -0.25) is 4.90 Å². The van der Waals surface area contributed by atoms with E-state index in [1.54, 1.807) is 11.3 Å². The van der Waals surface area contributed by atoms with Crippen LogP contribution in [0, 0.1) is 0 Å². The Hall–Kier alpha value is -0.243. The van der Waals surface area contributed by atoms with Crippen LogP contribution < -0.4 is 4.50 Å². The van der Waals surface area contributed by atoms with Gasteiger partial charge in [-0.1, -0.05) is 6.07 Å². The van der Waals surface area contributed by atoms with Crippen molar-refractivity contribution in [2.45, 2.75) is 0 Å². The largest absolute Gasteiger partial charge is 0.547 e. The second kappa shape index (κ2) is 4.56. The van der Waals surface area contributed by atoms with E-state index in [1.807, 2.05) is 6.07 Å².